The standard InChI is InChI=1S/C19H24N6O2.ClH/c1-12-9-15(14(3)25(12)17-10-13(2)27-22-17)19(26)24-8-5-20-11-16(24)18-21-6-7-23(18)4;/h6-7,9-10,16,20H,5,8,11H2,1-4H3;1H. The topological polar surface area (TPSA) is 81.1 Å². The highest BCUT2D eigenvalue weighted by molar-refractivity contribution is 5.96. The van der Waals surface area contributed by atoms with Gasteiger partial charge in [-0.15, -0.1) is 12.4 Å². The minimum Gasteiger partial charge on any atom is -0.360 e. The predicted octanol–water partition coefficient (Wildman–Crippen LogP) is 2.33. The van der Waals surface area contributed by atoms with Gasteiger partial charge in [-0.25, -0.2) is 4.98 Å². The van der Waals surface area contributed by atoms with Gasteiger partial charge < -0.3 is 19.3 Å². The van der Waals surface area contributed by atoms with Crippen molar-refractivity contribution in [3.8, 4) is 5.82 Å². The molecule has 3 aromatic heterocycles. The van der Waals surface area contributed by atoms with Crippen molar-refractivity contribution < 1.29 is 9.32 Å². The van der Waals surface area contributed by atoms with Gasteiger partial charge in [0.1, 0.15) is 17.6 Å². The number of aryl methyl sites for hydroxylation is 3. The first-order valence-corrected chi connectivity index (χ1v) is 9.09. The maximum atomic E-state index is 13.4. The molecule has 0 aromatic carbocycles. The third kappa shape index (κ3) is 3.33. The SMILES string of the molecule is Cc1cc(-n2c(C)cc(C(=O)N3CCNCC3c3nccn3C)c2C)no1.Cl. The molecule has 0 saturated carbocycles. The molecule has 1 N–H and O–H groups in total. The lowest BCUT2D eigenvalue weighted by atomic mass is 10.1. The molecule has 0 radical (unpaired) electrons. The van der Waals surface area contributed by atoms with Gasteiger partial charge in [-0.1, -0.05) is 5.16 Å². The Hall–Kier alpha value is -2.58. The summed E-state index contributed by atoms with van der Waals surface area (Å²) in [5, 5.41) is 7.47. The van der Waals surface area contributed by atoms with Crippen molar-refractivity contribution in [3.63, 3.8) is 0 Å². The van der Waals surface area contributed by atoms with Gasteiger partial charge in [0.2, 0.25) is 0 Å². The molecule has 28 heavy (non-hydrogen) atoms. The van der Waals surface area contributed by atoms with Crippen molar-refractivity contribution in [2.45, 2.75) is 26.8 Å². The van der Waals surface area contributed by atoms with Crippen LogP contribution in [0.4, 0.5) is 0 Å². The number of hydrogen-bond donors (Lipinski definition) is 1. The first-order chi connectivity index (χ1) is 13.0. The molecule has 1 unspecified atom stereocenters. The number of nitrogens with zero attached hydrogens (tertiary/aromatic N) is 5. The molecule has 150 valence electrons. The first kappa shape index (κ1) is 20.2. The fourth-order valence-corrected chi connectivity index (χ4v) is 3.82. The molecule has 1 atom stereocenters. The summed E-state index contributed by atoms with van der Waals surface area (Å²) in [6, 6.07) is 3.71. The minimum atomic E-state index is -0.0939. The summed E-state index contributed by atoms with van der Waals surface area (Å²) in [6.45, 7) is 7.88. The monoisotopic (exact) mass is 404 g/mol. The summed E-state index contributed by atoms with van der Waals surface area (Å²) in [4.78, 5) is 19.8. The van der Waals surface area contributed by atoms with Crippen molar-refractivity contribution in [2.75, 3.05) is 19.6 Å². The Morgan fingerprint density at radius 1 is 1.29 bits per heavy atom. The lowest BCUT2D eigenvalue weighted by Crippen LogP contribution is -2.49. The van der Waals surface area contributed by atoms with E-state index in [2.05, 4.69) is 15.5 Å². The van der Waals surface area contributed by atoms with E-state index in [0.29, 0.717) is 24.5 Å². The third-order valence-corrected chi connectivity index (χ3v) is 5.17. The zero-order chi connectivity index (χ0) is 19.1. The average molecular weight is 405 g/mol. The number of rotatable bonds is 3. The second-order valence-corrected chi connectivity index (χ2v) is 7.03. The Balaban J connectivity index is 0.00000225. The Morgan fingerprint density at radius 3 is 2.71 bits per heavy atom. The van der Waals surface area contributed by atoms with Gasteiger partial charge in [0.05, 0.1) is 5.56 Å². The van der Waals surface area contributed by atoms with E-state index in [1.807, 2.05) is 60.2 Å². The van der Waals surface area contributed by atoms with Gasteiger partial charge in [0.15, 0.2) is 5.82 Å². The number of carbonyl (C=O) groups is 1. The molecule has 1 saturated heterocycles. The fourth-order valence-electron chi connectivity index (χ4n) is 3.82. The molecule has 1 aliphatic rings. The molecule has 0 aliphatic carbocycles. The molecule has 1 amide bonds. The summed E-state index contributed by atoms with van der Waals surface area (Å²) in [7, 11) is 1.96. The highest BCUT2D eigenvalue weighted by Gasteiger charge is 2.32. The Labute approximate surface area is 169 Å². The molecule has 0 spiro atoms. The van der Waals surface area contributed by atoms with E-state index < -0.39 is 0 Å². The molecular weight excluding hydrogens is 380 g/mol. The normalized spacial score (nSPS) is 16.9. The smallest absolute Gasteiger partial charge is 0.256 e. The number of piperazine rings is 1. The number of amides is 1. The van der Waals surface area contributed by atoms with Crippen molar-refractivity contribution >= 4 is 18.3 Å². The summed E-state index contributed by atoms with van der Waals surface area (Å²) in [5.41, 5.74) is 2.50. The fraction of sp³-hybridized carbons (Fsp3) is 0.421. The number of carbonyl (C=O) groups excluding carboxylic acids is 1. The summed E-state index contributed by atoms with van der Waals surface area (Å²) < 4.78 is 9.14. The zero-order valence-electron chi connectivity index (χ0n) is 16.5. The zero-order valence-corrected chi connectivity index (χ0v) is 17.3. The van der Waals surface area contributed by atoms with E-state index in [-0.39, 0.29) is 24.4 Å². The van der Waals surface area contributed by atoms with Crippen LogP contribution >= 0.6 is 12.4 Å². The molecule has 9 heteroatoms. The van der Waals surface area contributed by atoms with Gasteiger partial charge in [0, 0.05) is 56.5 Å². The summed E-state index contributed by atoms with van der Waals surface area (Å²) >= 11 is 0. The van der Waals surface area contributed by atoms with Crippen LogP contribution in [0.15, 0.2) is 29.0 Å². The quantitative estimate of drug-likeness (QED) is 0.724. The van der Waals surface area contributed by atoms with E-state index >= 15 is 0 Å². The van der Waals surface area contributed by atoms with Gasteiger partial charge in [-0.3, -0.25) is 9.36 Å². The van der Waals surface area contributed by atoms with Gasteiger partial charge in [0.25, 0.3) is 5.91 Å². The van der Waals surface area contributed by atoms with E-state index in [1.54, 1.807) is 6.20 Å². The van der Waals surface area contributed by atoms with E-state index in [4.69, 9.17) is 4.52 Å². The van der Waals surface area contributed by atoms with Crippen LogP contribution in [0.2, 0.25) is 0 Å². The van der Waals surface area contributed by atoms with Crippen LogP contribution < -0.4 is 5.32 Å². The van der Waals surface area contributed by atoms with Gasteiger partial charge in [-0.05, 0) is 26.8 Å². The second-order valence-electron chi connectivity index (χ2n) is 7.03. The van der Waals surface area contributed by atoms with Crippen LogP contribution in [0.3, 0.4) is 0 Å². The van der Waals surface area contributed by atoms with Gasteiger partial charge in [-0.2, -0.15) is 0 Å². The average Bonchev–Trinajstić information content (AvgIpc) is 3.34. The van der Waals surface area contributed by atoms with Crippen LogP contribution in [-0.4, -0.2) is 49.7 Å². The Bertz CT molecular complexity index is 989. The molecule has 3 aromatic rings. The summed E-state index contributed by atoms with van der Waals surface area (Å²) in [6.07, 6.45) is 3.68. The van der Waals surface area contributed by atoms with Crippen molar-refractivity contribution in [1.82, 2.24) is 29.5 Å². The number of halogens is 1. The minimum absolute atomic E-state index is 0. The van der Waals surface area contributed by atoms with Crippen LogP contribution in [0.5, 0.6) is 0 Å². The highest BCUT2D eigenvalue weighted by atomic mass is 35.5. The molecular formula is C19H25ClN6O2. The lowest BCUT2D eigenvalue weighted by Gasteiger charge is -2.35. The van der Waals surface area contributed by atoms with Crippen LogP contribution in [0.25, 0.3) is 5.82 Å². The first-order valence-electron chi connectivity index (χ1n) is 9.09. The van der Waals surface area contributed by atoms with E-state index in [1.165, 1.54) is 0 Å². The number of nitrogens with one attached hydrogen (secondary N) is 1. The number of aromatic nitrogens is 4. The number of hydrogen-bond acceptors (Lipinski definition) is 5. The van der Waals surface area contributed by atoms with Crippen LogP contribution in [-0.2, 0) is 7.05 Å². The Morgan fingerprint density at radius 2 is 2.07 bits per heavy atom. The largest absolute Gasteiger partial charge is 0.360 e. The van der Waals surface area contributed by atoms with Gasteiger partial charge >= 0.3 is 0 Å². The molecule has 1 fully saturated rings. The van der Waals surface area contributed by atoms with Crippen LogP contribution in [0.1, 0.15) is 39.4 Å². The van der Waals surface area contributed by atoms with Crippen molar-refractivity contribution in [3.05, 3.63) is 53.1 Å². The predicted molar refractivity (Wildman–Crippen MR) is 107 cm³/mol. The van der Waals surface area contributed by atoms with Crippen molar-refractivity contribution in [2.24, 2.45) is 7.05 Å². The molecule has 4 heterocycles. The van der Waals surface area contributed by atoms with E-state index in [9.17, 15) is 4.79 Å². The summed E-state index contributed by atoms with van der Waals surface area (Å²) in [5.74, 6) is 2.34. The molecule has 1 aliphatic heterocycles. The molecule has 8 nitrogen and oxygen atoms in total. The van der Waals surface area contributed by atoms with Crippen molar-refractivity contribution in [1.29, 1.82) is 0 Å². The highest BCUT2D eigenvalue weighted by Crippen LogP contribution is 2.27. The Kier molecular flexibility index (Phi) is 5.62. The second kappa shape index (κ2) is 7.81. The van der Waals surface area contributed by atoms with E-state index in [0.717, 1.165) is 29.5 Å². The molecule has 4 rings (SSSR count). The molecule has 0 bridgehead atoms. The number of imidazole rings is 1. The lowest BCUT2D eigenvalue weighted by molar-refractivity contribution is 0.0620. The maximum absolute atomic E-state index is 13.4. The van der Waals surface area contributed by atoms with Crippen LogP contribution in [0, 0.1) is 20.8 Å². The maximum Gasteiger partial charge on any atom is 0.256 e. The third-order valence-electron chi connectivity index (χ3n) is 5.17.